The minimum Gasteiger partial charge on any atom is -0.399 e. The Morgan fingerprint density at radius 2 is 1.75 bits per heavy atom. The number of benzene rings is 2. The number of nitrogens with two attached hydrogens (primary N) is 1. The molecular weight excluding hydrogens is 246 g/mol. The first-order chi connectivity index (χ1) is 9.65. The van der Waals surface area contributed by atoms with E-state index in [4.69, 9.17) is 10.7 Å². The van der Waals surface area contributed by atoms with Crippen LogP contribution in [0.2, 0.25) is 0 Å². The van der Waals surface area contributed by atoms with Crippen molar-refractivity contribution in [2.75, 3.05) is 5.73 Å². The fraction of sp³-hybridized carbons (Fsp3) is 0.235. The molecule has 0 radical (unpaired) electrons. The summed E-state index contributed by atoms with van der Waals surface area (Å²) in [7, 11) is 0. The Balaban J connectivity index is 2.09. The monoisotopic (exact) mass is 265 g/mol. The number of fused-ring (bicyclic) bond motifs is 1. The lowest BCUT2D eigenvalue weighted by Gasteiger charge is -2.11. The molecule has 2 aromatic carbocycles. The van der Waals surface area contributed by atoms with Gasteiger partial charge in [0, 0.05) is 18.2 Å². The quantitative estimate of drug-likeness (QED) is 0.732. The van der Waals surface area contributed by atoms with E-state index in [1.54, 1.807) is 0 Å². The van der Waals surface area contributed by atoms with E-state index in [0.29, 0.717) is 5.92 Å². The molecule has 0 bridgehead atoms. The number of nitrogen functional groups attached to an aromatic ring is 1. The molecule has 102 valence electrons. The maximum Gasteiger partial charge on any atom is 0.112 e. The molecule has 2 N–H and O–H groups in total. The Labute approximate surface area is 119 Å². The van der Waals surface area contributed by atoms with E-state index in [1.165, 1.54) is 11.1 Å². The number of rotatable bonds is 3. The lowest BCUT2D eigenvalue weighted by atomic mass is 10.1. The zero-order valence-corrected chi connectivity index (χ0v) is 11.9. The minimum atomic E-state index is 0.399. The van der Waals surface area contributed by atoms with Crippen molar-refractivity contribution >= 4 is 16.7 Å². The molecule has 0 amide bonds. The Bertz CT molecular complexity index is 724. The lowest BCUT2D eigenvalue weighted by molar-refractivity contribution is 0.683. The van der Waals surface area contributed by atoms with Crippen molar-refractivity contribution in [2.45, 2.75) is 26.3 Å². The van der Waals surface area contributed by atoms with Gasteiger partial charge in [0.15, 0.2) is 0 Å². The number of aromatic nitrogens is 2. The average molecular weight is 265 g/mol. The second kappa shape index (κ2) is 5.00. The number of imidazole rings is 1. The van der Waals surface area contributed by atoms with Crippen molar-refractivity contribution in [1.29, 1.82) is 0 Å². The first-order valence-electron chi connectivity index (χ1n) is 6.94. The van der Waals surface area contributed by atoms with Gasteiger partial charge in [-0.1, -0.05) is 38.1 Å². The van der Waals surface area contributed by atoms with Crippen LogP contribution in [0, 0.1) is 0 Å². The first-order valence-corrected chi connectivity index (χ1v) is 6.94. The van der Waals surface area contributed by atoms with Crippen molar-refractivity contribution < 1.29 is 0 Å². The minimum absolute atomic E-state index is 0.399. The standard InChI is InChI=1S/C17H19N3/c1-12(2)17-19-15-5-3-4-6-16(15)20(17)11-13-7-9-14(18)10-8-13/h3-10,12H,11,18H2,1-2H3. The number of nitrogens with zero attached hydrogens (tertiary/aromatic N) is 2. The van der Waals surface area contributed by atoms with Crippen LogP contribution in [-0.2, 0) is 6.54 Å². The largest absolute Gasteiger partial charge is 0.399 e. The highest BCUT2D eigenvalue weighted by Crippen LogP contribution is 2.23. The van der Waals surface area contributed by atoms with Gasteiger partial charge in [0.05, 0.1) is 11.0 Å². The first kappa shape index (κ1) is 12.7. The molecule has 3 nitrogen and oxygen atoms in total. The van der Waals surface area contributed by atoms with Crippen LogP contribution in [0.4, 0.5) is 5.69 Å². The molecule has 3 aromatic rings. The molecule has 0 saturated heterocycles. The van der Waals surface area contributed by atoms with Crippen LogP contribution in [0.25, 0.3) is 11.0 Å². The van der Waals surface area contributed by atoms with E-state index in [2.05, 4.69) is 48.7 Å². The summed E-state index contributed by atoms with van der Waals surface area (Å²) in [5.41, 5.74) is 10.0. The summed E-state index contributed by atoms with van der Waals surface area (Å²) in [4.78, 5) is 4.76. The van der Waals surface area contributed by atoms with Crippen LogP contribution in [0.3, 0.4) is 0 Å². The van der Waals surface area contributed by atoms with E-state index < -0.39 is 0 Å². The van der Waals surface area contributed by atoms with Gasteiger partial charge in [-0.25, -0.2) is 4.98 Å². The van der Waals surface area contributed by atoms with Crippen molar-refractivity contribution in [1.82, 2.24) is 9.55 Å². The average Bonchev–Trinajstić information content (AvgIpc) is 2.81. The van der Waals surface area contributed by atoms with Gasteiger partial charge in [-0.05, 0) is 29.8 Å². The van der Waals surface area contributed by atoms with Crippen molar-refractivity contribution in [3.8, 4) is 0 Å². The Morgan fingerprint density at radius 1 is 1.05 bits per heavy atom. The van der Waals surface area contributed by atoms with Crippen LogP contribution < -0.4 is 5.73 Å². The summed E-state index contributed by atoms with van der Waals surface area (Å²) in [5, 5.41) is 0. The summed E-state index contributed by atoms with van der Waals surface area (Å²) in [6.45, 7) is 5.19. The molecule has 0 atom stereocenters. The predicted molar refractivity (Wildman–Crippen MR) is 83.8 cm³/mol. The van der Waals surface area contributed by atoms with Gasteiger partial charge in [0.25, 0.3) is 0 Å². The number of hydrogen-bond donors (Lipinski definition) is 1. The fourth-order valence-corrected chi connectivity index (χ4v) is 2.51. The molecule has 0 fully saturated rings. The number of para-hydroxylation sites is 2. The second-order valence-corrected chi connectivity index (χ2v) is 5.44. The second-order valence-electron chi connectivity index (χ2n) is 5.44. The molecular formula is C17H19N3. The summed E-state index contributed by atoms with van der Waals surface area (Å²) < 4.78 is 2.30. The van der Waals surface area contributed by atoms with E-state index in [1.807, 2.05) is 18.2 Å². The van der Waals surface area contributed by atoms with E-state index in [9.17, 15) is 0 Å². The maximum atomic E-state index is 5.75. The number of hydrogen-bond acceptors (Lipinski definition) is 2. The Kier molecular flexibility index (Phi) is 3.18. The Morgan fingerprint density at radius 3 is 2.45 bits per heavy atom. The maximum absolute atomic E-state index is 5.75. The van der Waals surface area contributed by atoms with Gasteiger partial charge < -0.3 is 10.3 Å². The smallest absolute Gasteiger partial charge is 0.112 e. The third-order valence-electron chi connectivity index (χ3n) is 3.52. The van der Waals surface area contributed by atoms with Gasteiger partial charge in [0.2, 0.25) is 0 Å². The van der Waals surface area contributed by atoms with Gasteiger partial charge in [0.1, 0.15) is 5.82 Å². The highest BCUT2D eigenvalue weighted by Gasteiger charge is 2.13. The molecule has 20 heavy (non-hydrogen) atoms. The van der Waals surface area contributed by atoms with Crippen molar-refractivity contribution in [3.05, 3.63) is 59.9 Å². The molecule has 1 heterocycles. The van der Waals surface area contributed by atoms with E-state index in [-0.39, 0.29) is 0 Å². The van der Waals surface area contributed by atoms with Crippen molar-refractivity contribution in [3.63, 3.8) is 0 Å². The molecule has 0 aliphatic carbocycles. The summed E-state index contributed by atoms with van der Waals surface area (Å²) in [5.74, 6) is 1.53. The zero-order valence-electron chi connectivity index (χ0n) is 11.9. The molecule has 0 aliphatic heterocycles. The molecule has 0 saturated carbocycles. The van der Waals surface area contributed by atoms with Gasteiger partial charge >= 0.3 is 0 Å². The van der Waals surface area contributed by atoms with Gasteiger partial charge in [-0.3, -0.25) is 0 Å². The summed E-state index contributed by atoms with van der Waals surface area (Å²) in [6.07, 6.45) is 0. The molecule has 3 rings (SSSR count). The van der Waals surface area contributed by atoms with Crippen LogP contribution in [-0.4, -0.2) is 9.55 Å². The summed E-state index contributed by atoms with van der Waals surface area (Å²) in [6, 6.07) is 16.3. The predicted octanol–water partition coefficient (Wildman–Crippen LogP) is 3.79. The fourth-order valence-electron chi connectivity index (χ4n) is 2.51. The van der Waals surface area contributed by atoms with Crippen LogP contribution >= 0.6 is 0 Å². The van der Waals surface area contributed by atoms with Gasteiger partial charge in [-0.2, -0.15) is 0 Å². The molecule has 0 unspecified atom stereocenters. The highest BCUT2D eigenvalue weighted by molar-refractivity contribution is 5.76. The van der Waals surface area contributed by atoms with Crippen LogP contribution in [0.15, 0.2) is 48.5 Å². The summed E-state index contributed by atoms with van der Waals surface area (Å²) >= 11 is 0. The van der Waals surface area contributed by atoms with Crippen molar-refractivity contribution in [2.24, 2.45) is 0 Å². The topological polar surface area (TPSA) is 43.8 Å². The molecule has 0 spiro atoms. The van der Waals surface area contributed by atoms with Crippen LogP contribution in [0.1, 0.15) is 31.2 Å². The molecule has 3 heteroatoms. The third-order valence-corrected chi connectivity index (χ3v) is 3.52. The molecule has 0 aliphatic rings. The number of anilines is 1. The SMILES string of the molecule is CC(C)c1nc2ccccc2n1Cc1ccc(N)cc1. The van der Waals surface area contributed by atoms with E-state index >= 15 is 0 Å². The lowest BCUT2D eigenvalue weighted by Crippen LogP contribution is -2.06. The van der Waals surface area contributed by atoms with Gasteiger partial charge in [-0.15, -0.1) is 0 Å². The zero-order chi connectivity index (χ0) is 14.1. The van der Waals surface area contributed by atoms with Crippen LogP contribution in [0.5, 0.6) is 0 Å². The normalized spacial score (nSPS) is 11.3. The molecule has 1 aromatic heterocycles. The van der Waals surface area contributed by atoms with E-state index in [0.717, 1.165) is 23.6 Å². The Hall–Kier alpha value is -2.29. The highest BCUT2D eigenvalue weighted by atomic mass is 15.1. The third kappa shape index (κ3) is 2.27.